The van der Waals surface area contributed by atoms with Crippen molar-refractivity contribution in [2.45, 2.75) is 13.5 Å². The van der Waals surface area contributed by atoms with Crippen LogP contribution in [0.1, 0.15) is 21.8 Å². The summed E-state index contributed by atoms with van der Waals surface area (Å²) in [7, 11) is 1.58. The van der Waals surface area contributed by atoms with Crippen molar-refractivity contribution < 1.29 is 14.2 Å². The third-order valence-corrected chi connectivity index (χ3v) is 4.27. The number of nitro groups is 1. The number of benzene rings is 2. The summed E-state index contributed by atoms with van der Waals surface area (Å²) in [4.78, 5) is 28.6. The number of rotatable bonds is 5. The Morgan fingerprint density at radius 2 is 2.04 bits per heavy atom. The van der Waals surface area contributed by atoms with E-state index < -0.39 is 4.92 Å². The van der Waals surface area contributed by atoms with Crippen molar-refractivity contribution in [3.05, 3.63) is 74.6 Å². The van der Waals surface area contributed by atoms with Crippen molar-refractivity contribution in [3.63, 3.8) is 0 Å². The molecule has 1 amide bonds. The highest BCUT2D eigenvalue weighted by molar-refractivity contribution is 6.33. The molecule has 27 heavy (non-hydrogen) atoms. The average molecular weight is 387 g/mol. The van der Waals surface area contributed by atoms with Gasteiger partial charge in [0.15, 0.2) is 0 Å². The van der Waals surface area contributed by atoms with Gasteiger partial charge >= 0.3 is 0 Å². The zero-order valence-corrected chi connectivity index (χ0v) is 15.3. The summed E-state index contributed by atoms with van der Waals surface area (Å²) in [6, 6.07) is 11.3. The minimum atomic E-state index is -0.484. The van der Waals surface area contributed by atoms with Crippen molar-refractivity contribution in [2.75, 3.05) is 7.05 Å². The minimum absolute atomic E-state index is 0.0320. The molecule has 2 aromatic carbocycles. The van der Waals surface area contributed by atoms with Crippen LogP contribution in [0.5, 0.6) is 0 Å². The zero-order valence-electron chi connectivity index (χ0n) is 14.5. The molecule has 0 saturated heterocycles. The molecule has 0 N–H and O–H groups in total. The number of amides is 1. The number of carbonyl (C=O) groups is 1. The van der Waals surface area contributed by atoms with E-state index in [0.29, 0.717) is 27.5 Å². The predicted octanol–water partition coefficient (Wildman–Crippen LogP) is 3.88. The number of hydrogen-bond acceptors (Lipinski definition) is 6. The Bertz CT molecular complexity index is 1020. The molecule has 0 unspecified atom stereocenters. The summed E-state index contributed by atoms with van der Waals surface area (Å²) in [5.74, 6) is 0.271. The summed E-state index contributed by atoms with van der Waals surface area (Å²) >= 11 is 6.12. The Labute approximate surface area is 159 Å². The number of halogens is 1. The van der Waals surface area contributed by atoms with Crippen molar-refractivity contribution in [1.29, 1.82) is 0 Å². The van der Waals surface area contributed by atoms with Crippen molar-refractivity contribution in [2.24, 2.45) is 0 Å². The van der Waals surface area contributed by atoms with E-state index in [1.165, 1.54) is 23.1 Å². The van der Waals surface area contributed by atoms with E-state index in [1.807, 2.05) is 6.07 Å². The highest BCUT2D eigenvalue weighted by Crippen LogP contribution is 2.25. The summed E-state index contributed by atoms with van der Waals surface area (Å²) in [5.41, 5.74) is 1.36. The minimum Gasteiger partial charge on any atom is -0.337 e. The molecule has 0 radical (unpaired) electrons. The third-order valence-electron chi connectivity index (χ3n) is 3.94. The highest BCUT2D eigenvalue weighted by Gasteiger charge is 2.19. The molecule has 0 aliphatic carbocycles. The van der Waals surface area contributed by atoms with E-state index in [2.05, 4.69) is 10.1 Å². The van der Waals surface area contributed by atoms with Gasteiger partial charge in [0.1, 0.15) is 0 Å². The van der Waals surface area contributed by atoms with Crippen molar-refractivity contribution in [3.8, 4) is 11.4 Å². The van der Waals surface area contributed by atoms with Gasteiger partial charge in [0, 0.05) is 29.8 Å². The van der Waals surface area contributed by atoms with Crippen molar-refractivity contribution >= 4 is 23.2 Å². The van der Waals surface area contributed by atoms with E-state index >= 15 is 0 Å². The first kappa shape index (κ1) is 18.5. The fourth-order valence-electron chi connectivity index (χ4n) is 2.56. The number of carbonyl (C=O) groups excluding carboxylic acids is 1. The standard InChI is InChI=1S/C18H15ClN4O4/c1-11-9-12(7-8-15(11)23(25)26)18(24)22(2)10-16-20-17(21-27-16)13-5-3-4-6-14(13)19/h3-9H,10H2,1-2H3. The first-order valence-corrected chi connectivity index (χ1v) is 8.32. The number of aromatic nitrogens is 2. The number of aryl methyl sites for hydroxylation is 1. The molecule has 3 rings (SSSR count). The van der Waals surface area contributed by atoms with Crippen LogP contribution in [0.4, 0.5) is 5.69 Å². The molecule has 138 valence electrons. The number of nitrogens with zero attached hydrogens (tertiary/aromatic N) is 4. The van der Waals surface area contributed by atoms with Crippen LogP contribution < -0.4 is 0 Å². The van der Waals surface area contributed by atoms with Gasteiger partial charge in [-0.1, -0.05) is 28.9 Å². The van der Waals surface area contributed by atoms with Crippen LogP contribution in [0, 0.1) is 17.0 Å². The van der Waals surface area contributed by atoms with Gasteiger partial charge in [0.25, 0.3) is 11.6 Å². The lowest BCUT2D eigenvalue weighted by Crippen LogP contribution is -2.26. The van der Waals surface area contributed by atoms with Gasteiger partial charge in [-0.3, -0.25) is 14.9 Å². The molecule has 8 nitrogen and oxygen atoms in total. The first-order valence-electron chi connectivity index (χ1n) is 7.95. The Hall–Kier alpha value is -3.26. The van der Waals surface area contributed by atoms with E-state index in [0.717, 1.165) is 0 Å². The molecule has 0 saturated carbocycles. The average Bonchev–Trinajstić information content (AvgIpc) is 3.09. The monoisotopic (exact) mass is 386 g/mol. The topological polar surface area (TPSA) is 102 Å². The Morgan fingerprint density at radius 1 is 1.30 bits per heavy atom. The fourth-order valence-corrected chi connectivity index (χ4v) is 2.78. The second-order valence-corrected chi connectivity index (χ2v) is 6.32. The first-order chi connectivity index (χ1) is 12.9. The summed E-state index contributed by atoms with van der Waals surface area (Å²) < 4.78 is 5.20. The molecule has 0 bridgehead atoms. The van der Waals surface area contributed by atoms with E-state index in [9.17, 15) is 14.9 Å². The normalized spacial score (nSPS) is 10.6. The van der Waals surface area contributed by atoms with Gasteiger partial charge in [-0.05, 0) is 31.2 Å². The molecular weight excluding hydrogens is 372 g/mol. The van der Waals surface area contributed by atoms with Crippen LogP contribution in [0.2, 0.25) is 5.02 Å². The fraction of sp³-hybridized carbons (Fsp3) is 0.167. The van der Waals surface area contributed by atoms with Gasteiger partial charge in [0.2, 0.25) is 11.7 Å². The molecule has 1 aromatic heterocycles. The van der Waals surface area contributed by atoms with Crippen LogP contribution in [0.25, 0.3) is 11.4 Å². The van der Waals surface area contributed by atoms with Crippen molar-refractivity contribution in [1.82, 2.24) is 15.0 Å². The lowest BCUT2D eigenvalue weighted by Gasteiger charge is -2.15. The molecular formula is C18H15ClN4O4. The van der Waals surface area contributed by atoms with E-state index in [-0.39, 0.29) is 24.0 Å². The molecule has 0 fully saturated rings. The number of hydrogen-bond donors (Lipinski definition) is 0. The smallest absolute Gasteiger partial charge is 0.272 e. The van der Waals surface area contributed by atoms with Gasteiger partial charge in [-0.25, -0.2) is 0 Å². The van der Waals surface area contributed by atoms with Gasteiger partial charge in [-0.15, -0.1) is 0 Å². The summed E-state index contributed by atoms with van der Waals surface area (Å²) in [6.07, 6.45) is 0. The predicted molar refractivity (Wildman–Crippen MR) is 98.4 cm³/mol. The Balaban J connectivity index is 1.75. The van der Waals surface area contributed by atoms with Crippen LogP contribution >= 0.6 is 11.6 Å². The SMILES string of the molecule is Cc1cc(C(=O)N(C)Cc2nc(-c3ccccc3Cl)no2)ccc1[N+](=O)[O-]. The van der Waals surface area contributed by atoms with Gasteiger partial charge in [-0.2, -0.15) is 4.98 Å². The summed E-state index contributed by atoms with van der Waals surface area (Å²) in [5, 5.41) is 15.3. The lowest BCUT2D eigenvalue weighted by molar-refractivity contribution is -0.385. The van der Waals surface area contributed by atoms with E-state index in [4.69, 9.17) is 16.1 Å². The molecule has 3 aromatic rings. The van der Waals surface area contributed by atoms with Crippen LogP contribution in [0.3, 0.4) is 0 Å². The summed E-state index contributed by atoms with van der Waals surface area (Å²) in [6.45, 7) is 1.68. The Kier molecular flexibility index (Phi) is 5.18. The zero-order chi connectivity index (χ0) is 19.6. The maximum atomic E-state index is 12.6. The quantitative estimate of drug-likeness (QED) is 0.487. The maximum Gasteiger partial charge on any atom is 0.272 e. The lowest BCUT2D eigenvalue weighted by atomic mass is 10.1. The van der Waals surface area contributed by atoms with Crippen LogP contribution in [-0.2, 0) is 6.54 Å². The number of nitro benzene ring substituents is 1. The second-order valence-electron chi connectivity index (χ2n) is 5.91. The third kappa shape index (κ3) is 3.95. The Morgan fingerprint density at radius 3 is 2.70 bits per heavy atom. The molecule has 1 heterocycles. The molecule has 0 aliphatic rings. The van der Waals surface area contributed by atoms with Gasteiger partial charge < -0.3 is 9.42 Å². The largest absolute Gasteiger partial charge is 0.337 e. The maximum absolute atomic E-state index is 12.6. The second kappa shape index (κ2) is 7.55. The van der Waals surface area contributed by atoms with Crippen LogP contribution in [0.15, 0.2) is 47.0 Å². The van der Waals surface area contributed by atoms with Crippen LogP contribution in [-0.4, -0.2) is 32.9 Å². The highest BCUT2D eigenvalue weighted by atomic mass is 35.5. The molecule has 0 atom stereocenters. The molecule has 0 aliphatic heterocycles. The molecule has 0 spiro atoms. The molecule has 9 heteroatoms. The van der Waals surface area contributed by atoms with Gasteiger partial charge in [0.05, 0.1) is 16.5 Å². The van der Waals surface area contributed by atoms with E-state index in [1.54, 1.807) is 32.2 Å².